The molecule has 218 valence electrons. The van der Waals surface area contributed by atoms with Crippen molar-refractivity contribution in [2.45, 2.75) is 13.0 Å². The second kappa shape index (κ2) is 18.1. The van der Waals surface area contributed by atoms with Crippen LogP contribution in [0.4, 0.5) is 8.78 Å². The van der Waals surface area contributed by atoms with Crippen LogP contribution in [0.5, 0.6) is 0 Å². The molecular formula is C30H29BrF2MgN2O6. The summed E-state index contributed by atoms with van der Waals surface area (Å²) >= 11 is 0. The molecule has 1 N–H and O–H groups in total. The van der Waals surface area contributed by atoms with E-state index in [-0.39, 0.29) is 71.1 Å². The second-order valence-electron chi connectivity index (χ2n) is 8.09. The van der Waals surface area contributed by atoms with Gasteiger partial charge in [0, 0.05) is 47.0 Å². The number of aliphatic hydroxyl groups is 1. The molecule has 1 atom stereocenters. The van der Waals surface area contributed by atoms with Gasteiger partial charge in [0.05, 0.1) is 31.5 Å². The number of halogens is 3. The molecule has 2 aromatic heterocycles. The van der Waals surface area contributed by atoms with Crippen molar-refractivity contribution in [3.05, 3.63) is 115 Å². The molecule has 0 aliphatic heterocycles. The minimum atomic E-state index is -0.765. The van der Waals surface area contributed by atoms with Gasteiger partial charge in [-0.2, -0.15) is 0 Å². The summed E-state index contributed by atoms with van der Waals surface area (Å²) in [6.07, 6.45) is 5.68. The van der Waals surface area contributed by atoms with Crippen molar-refractivity contribution in [2.24, 2.45) is 0 Å². The first kappa shape index (κ1) is 38.4. The largest absolute Gasteiger partial charge is 2.00 e. The maximum atomic E-state index is 14.2. The number of carbonyl (C=O) groups excluding carboxylic acids is 3. The number of aldehydes is 1. The van der Waals surface area contributed by atoms with Gasteiger partial charge in [-0.25, -0.2) is 18.4 Å². The fourth-order valence-corrected chi connectivity index (χ4v) is 3.69. The number of esters is 2. The van der Waals surface area contributed by atoms with E-state index in [1.54, 1.807) is 19.1 Å². The number of aliphatic hydroxyl groups excluding tert-OH is 1. The minimum Gasteiger partial charge on any atom is -1.00 e. The molecule has 4 rings (SSSR count). The number of pyridine rings is 2. The van der Waals surface area contributed by atoms with Crippen LogP contribution in [0.2, 0.25) is 0 Å². The van der Waals surface area contributed by atoms with Crippen molar-refractivity contribution >= 4 is 58.3 Å². The molecule has 0 spiro atoms. The zero-order chi connectivity index (χ0) is 28.5. The van der Waals surface area contributed by atoms with E-state index in [9.17, 15) is 28.3 Å². The monoisotopic (exact) mass is 654 g/mol. The molecule has 0 aliphatic rings. The average molecular weight is 656 g/mol. The second-order valence-corrected chi connectivity index (χ2v) is 8.09. The first-order valence-electron chi connectivity index (χ1n) is 11.5. The molecule has 12 heteroatoms. The predicted octanol–water partition coefficient (Wildman–Crippen LogP) is 5.97. The Bertz CT molecular complexity index is 1530. The molecule has 0 saturated heterocycles. The Morgan fingerprint density at radius 1 is 0.833 bits per heavy atom. The third-order valence-corrected chi connectivity index (χ3v) is 5.64. The quantitative estimate of drug-likeness (QED) is 0.117. The van der Waals surface area contributed by atoms with E-state index in [1.807, 2.05) is 0 Å². The number of hydrogen-bond acceptors (Lipinski definition) is 8. The maximum Gasteiger partial charge on any atom is 2.00 e. The normalized spacial score (nSPS) is 10.2. The summed E-state index contributed by atoms with van der Waals surface area (Å²) in [7, 11) is 2.46. The third kappa shape index (κ3) is 9.21. The Kier molecular flexibility index (Phi) is 16.5. The molecule has 8 nitrogen and oxygen atoms in total. The first-order chi connectivity index (χ1) is 18.7. The van der Waals surface area contributed by atoms with Crippen molar-refractivity contribution in [2.75, 3.05) is 14.2 Å². The van der Waals surface area contributed by atoms with Crippen molar-refractivity contribution in [1.82, 2.24) is 9.97 Å². The number of carbonyl (C=O) groups is 3. The molecule has 4 aromatic rings. The standard InChI is InChI=1S/C15H14FNO3.C14H10FNO3.CH3.BrH.Mg.H/c1-9(18)13-8-17-6-5-11(13)12-4-3-10(7-14(12)16)15(19)20-2;1-19-14(18)9-2-3-12(13(15)6-9)11-4-5-16-7-10(11)8-17;;;;/h3-9,18H,1-2H3;2-8H,1H3;1H3;1H;;/q;;-1;;+2;-1. The fourth-order valence-electron chi connectivity index (χ4n) is 3.69. The fraction of sp³-hybridized carbons (Fsp3) is 0.133. The van der Waals surface area contributed by atoms with Gasteiger partial charge in [0.1, 0.15) is 11.6 Å². The number of benzene rings is 2. The molecule has 0 bridgehead atoms. The van der Waals surface area contributed by atoms with Gasteiger partial charge in [-0.05, 0) is 54.4 Å². The predicted molar refractivity (Wildman–Crippen MR) is 162 cm³/mol. The van der Waals surface area contributed by atoms with Crippen molar-refractivity contribution in [3.63, 3.8) is 0 Å². The van der Waals surface area contributed by atoms with Crippen LogP contribution in [-0.2, 0) is 9.47 Å². The van der Waals surface area contributed by atoms with E-state index in [0.29, 0.717) is 28.5 Å². The van der Waals surface area contributed by atoms with Crippen LogP contribution in [0.1, 0.15) is 51.1 Å². The van der Waals surface area contributed by atoms with Gasteiger partial charge in [0.2, 0.25) is 0 Å². The zero-order valence-corrected chi connectivity index (χ0v) is 26.5. The van der Waals surface area contributed by atoms with Crippen LogP contribution in [0.15, 0.2) is 73.3 Å². The molecule has 2 heterocycles. The van der Waals surface area contributed by atoms with Crippen molar-refractivity contribution in [3.8, 4) is 22.3 Å². The Labute approximate surface area is 270 Å². The minimum absolute atomic E-state index is 0. The number of aromatic nitrogens is 2. The van der Waals surface area contributed by atoms with Crippen LogP contribution in [0.25, 0.3) is 22.3 Å². The molecule has 0 fully saturated rings. The summed E-state index contributed by atoms with van der Waals surface area (Å²) in [6.45, 7) is 1.58. The summed E-state index contributed by atoms with van der Waals surface area (Å²) in [5, 5.41) is 9.70. The Morgan fingerprint density at radius 2 is 1.29 bits per heavy atom. The molecular weight excluding hydrogens is 627 g/mol. The molecule has 2 aromatic carbocycles. The first-order valence-corrected chi connectivity index (χ1v) is 11.5. The van der Waals surface area contributed by atoms with Gasteiger partial charge in [-0.1, -0.05) is 12.1 Å². The van der Waals surface area contributed by atoms with Gasteiger partial charge in [-0.3, -0.25) is 14.8 Å². The molecule has 0 aliphatic carbocycles. The summed E-state index contributed by atoms with van der Waals surface area (Å²) in [5.74, 6) is -2.37. The number of ether oxygens (including phenoxy) is 2. The van der Waals surface area contributed by atoms with E-state index >= 15 is 0 Å². The molecule has 1 unspecified atom stereocenters. The Hall–Kier alpha value is -3.58. The average Bonchev–Trinajstić information content (AvgIpc) is 2.96. The Balaban J connectivity index is 0. The number of nitrogens with zero attached hydrogens (tertiary/aromatic N) is 2. The van der Waals surface area contributed by atoms with E-state index in [1.165, 1.54) is 63.3 Å². The van der Waals surface area contributed by atoms with Crippen LogP contribution < -0.4 is 0 Å². The molecule has 42 heavy (non-hydrogen) atoms. The topological polar surface area (TPSA) is 116 Å². The summed E-state index contributed by atoms with van der Waals surface area (Å²) < 4.78 is 37.2. The van der Waals surface area contributed by atoms with E-state index in [2.05, 4.69) is 19.4 Å². The number of methoxy groups -OCH3 is 2. The van der Waals surface area contributed by atoms with Crippen molar-refractivity contribution < 1.29 is 39.2 Å². The molecule has 0 radical (unpaired) electrons. The van der Waals surface area contributed by atoms with Gasteiger partial charge in [-0.15, -0.1) is 17.0 Å². The smallest absolute Gasteiger partial charge is 1.00 e. The zero-order valence-electron chi connectivity index (χ0n) is 24.3. The van der Waals surface area contributed by atoms with E-state index in [4.69, 9.17) is 0 Å². The van der Waals surface area contributed by atoms with Gasteiger partial charge < -0.3 is 23.4 Å². The van der Waals surface area contributed by atoms with Gasteiger partial charge in [0.25, 0.3) is 0 Å². The molecule has 0 amide bonds. The third-order valence-electron chi connectivity index (χ3n) is 5.64. The summed E-state index contributed by atoms with van der Waals surface area (Å²) in [6, 6.07) is 11.2. The summed E-state index contributed by atoms with van der Waals surface area (Å²) in [4.78, 5) is 41.3. The van der Waals surface area contributed by atoms with E-state index in [0.717, 1.165) is 12.1 Å². The van der Waals surface area contributed by atoms with Crippen LogP contribution in [0, 0.1) is 19.1 Å². The van der Waals surface area contributed by atoms with Gasteiger partial charge >= 0.3 is 35.0 Å². The number of rotatable bonds is 6. The van der Waals surface area contributed by atoms with Gasteiger partial charge in [0.15, 0.2) is 6.29 Å². The summed E-state index contributed by atoms with van der Waals surface area (Å²) in [5.41, 5.74) is 2.58. The van der Waals surface area contributed by atoms with E-state index < -0.39 is 29.7 Å². The van der Waals surface area contributed by atoms with Crippen LogP contribution >= 0.6 is 17.0 Å². The number of hydrogen-bond donors (Lipinski definition) is 1. The Morgan fingerprint density at radius 3 is 1.71 bits per heavy atom. The van der Waals surface area contributed by atoms with Crippen LogP contribution in [0.3, 0.4) is 0 Å². The van der Waals surface area contributed by atoms with Crippen LogP contribution in [-0.4, -0.2) is 70.6 Å². The molecule has 0 saturated carbocycles. The van der Waals surface area contributed by atoms with Crippen molar-refractivity contribution in [1.29, 1.82) is 0 Å². The maximum absolute atomic E-state index is 14.2. The SMILES string of the molecule is Br.COC(=O)c1ccc(-c2ccncc2C(C)O)c(F)c1.COC(=O)c1ccc(-c2ccncc2C=O)c(F)c1.[CH3-].[H-].[Mg+2].